The molecule has 3 aromatic carbocycles. The molecular formula is C31H34N2O2. The van der Waals surface area contributed by atoms with Gasteiger partial charge in [0.2, 0.25) is 0 Å². The Morgan fingerprint density at radius 2 is 1.71 bits per heavy atom. The molecule has 6 rings (SSSR count). The molecule has 1 aliphatic carbocycles. The van der Waals surface area contributed by atoms with Gasteiger partial charge >= 0.3 is 0 Å². The molecule has 0 radical (unpaired) electrons. The van der Waals surface area contributed by atoms with Crippen molar-refractivity contribution in [3.05, 3.63) is 101 Å². The number of likely N-dealkylation sites (tertiary alicyclic amines) is 1. The van der Waals surface area contributed by atoms with Crippen molar-refractivity contribution in [2.45, 2.75) is 44.1 Å². The highest BCUT2D eigenvalue weighted by atomic mass is 16.3. The van der Waals surface area contributed by atoms with E-state index in [4.69, 9.17) is 0 Å². The minimum atomic E-state index is -0.169. The van der Waals surface area contributed by atoms with Gasteiger partial charge in [-0.1, -0.05) is 48.5 Å². The van der Waals surface area contributed by atoms with E-state index in [9.17, 15) is 9.90 Å². The molecule has 0 bridgehead atoms. The Kier molecular flexibility index (Phi) is 5.85. The quantitative estimate of drug-likeness (QED) is 0.549. The molecule has 1 saturated carbocycles. The zero-order valence-corrected chi connectivity index (χ0v) is 20.3. The van der Waals surface area contributed by atoms with E-state index in [1.54, 1.807) is 6.07 Å². The zero-order valence-electron chi connectivity index (χ0n) is 20.3. The van der Waals surface area contributed by atoms with Crippen molar-refractivity contribution >= 4 is 5.91 Å². The number of amides is 1. The average molecular weight is 467 g/mol. The van der Waals surface area contributed by atoms with Gasteiger partial charge in [0.15, 0.2) is 0 Å². The first-order valence-corrected chi connectivity index (χ1v) is 13.1. The Morgan fingerprint density at radius 3 is 2.49 bits per heavy atom. The third kappa shape index (κ3) is 4.48. The lowest BCUT2D eigenvalue weighted by Gasteiger charge is -2.44. The molecule has 1 N–H and O–H groups in total. The van der Waals surface area contributed by atoms with Crippen molar-refractivity contribution in [3.63, 3.8) is 0 Å². The summed E-state index contributed by atoms with van der Waals surface area (Å²) >= 11 is 0. The zero-order chi connectivity index (χ0) is 23.8. The van der Waals surface area contributed by atoms with Crippen molar-refractivity contribution in [3.8, 4) is 5.75 Å². The maximum atomic E-state index is 13.4. The standard InChI is InChI=1S/C31H34N2O2/c34-29-8-3-7-28(19-29)31(16-4-17-32(22-31)20-23-9-10-23)27-13-11-25(12-14-27)30(35)33-18-15-24-5-1-2-6-26(24)21-33/h1-3,5-8,11-14,19,23,34H,4,9-10,15-18,20-22H2. The van der Waals surface area contributed by atoms with Crippen LogP contribution < -0.4 is 0 Å². The van der Waals surface area contributed by atoms with Crippen LogP contribution in [0.2, 0.25) is 0 Å². The number of phenolic OH excluding ortho intramolecular Hbond substituents is 1. The monoisotopic (exact) mass is 466 g/mol. The highest BCUT2D eigenvalue weighted by Gasteiger charge is 2.40. The molecular weight excluding hydrogens is 432 g/mol. The SMILES string of the molecule is O=C(c1ccc(C2(c3cccc(O)c3)CCCN(CC3CC3)C2)cc1)N1CCc2ccccc2C1. The topological polar surface area (TPSA) is 43.8 Å². The van der Waals surface area contributed by atoms with Gasteiger partial charge in [-0.05, 0) is 91.1 Å². The molecule has 1 saturated heterocycles. The summed E-state index contributed by atoms with van der Waals surface area (Å²) in [4.78, 5) is 17.9. The van der Waals surface area contributed by atoms with Gasteiger partial charge in [-0.25, -0.2) is 0 Å². The molecule has 4 heteroatoms. The van der Waals surface area contributed by atoms with Gasteiger partial charge in [0.05, 0.1) is 0 Å². The van der Waals surface area contributed by atoms with Crippen molar-refractivity contribution in [2.24, 2.45) is 5.92 Å². The molecule has 0 aromatic heterocycles. The number of carbonyl (C=O) groups excluding carboxylic acids is 1. The van der Waals surface area contributed by atoms with Crippen LogP contribution in [0.4, 0.5) is 0 Å². The molecule has 2 heterocycles. The number of aromatic hydroxyl groups is 1. The van der Waals surface area contributed by atoms with E-state index in [1.165, 1.54) is 41.6 Å². The van der Waals surface area contributed by atoms with E-state index in [0.717, 1.165) is 50.4 Å². The van der Waals surface area contributed by atoms with Crippen molar-refractivity contribution in [1.29, 1.82) is 0 Å². The summed E-state index contributed by atoms with van der Waals surface area (Å²) < 4.78 is 0. The van der Waals surface area contributed by atoms with Crippen LogP contribution >= 0.6 is 0 Å². The first-order chi connectivity index (χ1) is 17.1. The molecule has 1 amide bonds. The smallest absolute Gasteiger partial charge is 0.254 e. The normalized spacial score (nSPS) is 22.6. The predicted molar refractivity (Wildman–Crippen MR) is 139 cm³/mol. The van der Waals surface area contributed by atoms with Gasteiger partial charge in [-0.3, -0.25) is 4.79 Å². The summed E-state index contributed by atoms with van der Waals surface area (Å²) in [5.74, 6) is 1.28. The third-order valence-electron chi connectivity index (χ3n) is 8.29. The average Bonchev–Trinajstić information content (AvgIpc) is 3.72. The van der Waals surface area contributed by atoms with E-state index in [1.807, 2.05) is 29.2 Å². The lowest BCUT2D eigenvalue weighted by atomic mass is 9.69. The van der Waals surface area contributed by atoms with Gasteiger partial charge in [-0.2, -0.15) is 0 Å². The van der Waals surface area contributed by atoms with Crippen LogP contribution in [-0.4, -0.2) is 47.0 Å². The van der Waals surface area contributed by atoms with Gasteiger partial charge in [0, 0.05) is 37.2 Å². The van der Waals surface area contributed by atoms with Crippen LogP contribution in [0.15, 0.2) is 72.8 Å². The van der Waals surface area contributed by atoms with Gasteiger partial charge in [-0.15, -0.1) is 0 Å². The molecule has 1 unspecified atom stereocenters. The van der Waals surface area contributed by atoms with E-state index in [-0.39, 0.29) is 11.3 Å². The summed E-state index contributed by atoms with van der Waals surface area (Å²) in [6, 6.07) is 24.6. The van der Waals surface area contributed by atoms with Gasteiger partial charge in [0.25, 0.3) is 5.91 Å². The number of nitrogens with zero attached hydrogens (tertiary/aromatic N) is 2. The minimum absolute atomic E-state index is 0.108. The fraction of sp³-hybridized carbons (Fsp3) is 0.387. The Morgan fingerprint density at radius 1 is 0.914 bits per heavy atom. The molecule has 2 aliphatic heterocycles. The molecule has 35 heavy (non-hydrogen) atoms. The van der Waals surface area contributed by atoms with E-state index >= 15 is 0 Å². The van der Waals surface area contributed by atoms with Crippen molar-refractivity contribution in [2.75, 3.05) is 26.2 Å². The Bertz CT molecular complexity index is 1220. The van der Waals surface area contributed by atoms with Gasteiger partial charge in [0.1, 0.15) is 5.75 Å². The Hall–Kier alpha value is -3.11. The van der Waals surface area contributed by atoms with Crippen LogP contribution in [-0.2, 0) is 18.4 Å². The summed E-state index contributed by atoms with van der Waals surface area (Å²) in [6.07, 6.45) is 5.81. The lowest BCUT2D eigenvalue weighted by molar-refractivity contribution is 0.0734. The van der Waals surface area contributed by atoms with Gasteiger partial charge < -0.3 is 14.9 Å². The number of phenols is 1. The fourth-order valence-corrected chi connectivity index (χ4v) is 6.19. The Labute approximate surface area is 208 Å². The van der Waals surface area contributed by atoms with E-state index < -0.39 is 0 Å². The molecule has 4 nitrogen and oxygen atoms in total. The molecule has 2 fully saturated rings. The first-order valence-electron chi connectivity index (χ1n) is 13.1. The molecule has 0 spiro atoms. The lowest BCUT2D eigenvalue weighted by Crippen LogP contribution is -2.47. The van der Waals surface area contributed by atoms with Crippen molar-refractivity contribution in [1.82, 2.24) is 9.80 Å². The third-order valence-corrected chi connectivity index (χ3v) is 8.29. The largest absolute Gasteiger partial charge is 0.508 e. The summed E-state index contributed by atoms with van der Waals surface area (Å²) in [6.45, 7) is 4.72. The highest BCUT2D eigenvalue weighted by Crippen LogP contribution is 2.42. The fourth-order valence-electron chi connectivity index (χ4n) is 6.19. The van der Waals surface area contributed by atoms with Crippen LogP contribution in [0.1, 0.15) is 58.3 Å². The molecule has 3 aromatic rings. The molecule has 1 atom stereocenters. The molecule has 180 valence electrons. The summed E-state index contributed by atoms with van der Waals surface area (Å²) in [5, 5.41) is 10.3. The van der Waals surface area contributed by atoms with Crippen LogP contribution in [0, 0.1) is 5.92 Å². The molecule has 3 aliphatic rings. The second-order valence-electron chi connectivity index (χ2n) is 10.7. The maximum absolute atomic E-state index is 13.4. The number of rotatable bonds is 5. The highest BCUT2D eigenvalue weighted by molar-refractivity contribution is 5.94. The van der Waals surface area contributed by atoms with Crippen LogP contribution in [0.25, 0.3) is 0 Å². The summed E-state index contributed by atoms with van der Waals surface area (Å²) in [5.41, 5.74) is 5.61. The van der Waals surface area contributed by atoms with E-state index in [0.29, 0.717) is 12.3 Å². The first kappa shape index (κ1) is 22.4. The van der Waals surface area contributed by atoms with Crippen molar-refractivity contribution < 1.29 is 9.90 Å². The minimum Gasteiger partial charge on any atom is -0.508 e. The number of carbonyl (C=O) groups is 1. The number of fused-ring (bicyclic) bond motifs is 1. The number of hydrogen-bond acceptors (Lipinski definition) is 3. The second-order valence-corrected chi connectivity index (χ2v) is 10.7. The number of benzene rings is 3. The predicted octanol–water partition coefficient (Wildman–Crippen LogP) is 5.38. The maximum Gasteiger partial charge on any atom is 0.254 e. The summed E-state index contributed by atoms with van der Waals surface area (Å²) in [7, 11) is 0. The Balaban J connectivity index is 1.28. The second kappa shape index (κ2) is 9.16. The van der Waals surface area contributed by atoms with Crippen LogP contribution in [0.3, 0.4) is 0 Å². The number of piperidine rings is 1. The van der Waals surface area contributed by atoms with Crippen LogP contribution in [0.5, 0.6) is 5.75 Å². The van der Waals surface area contributed by atoms with E-state index in [2.05, 4.69) is 47.4 Å². The number of hydrogen-bond donors (Lipinski definition) is 1.